The van der Waals surface area contributed by atoms with Gasteiger partial charge in [-0.1, -0.05) is 0 Å². The van der Waals surface area contributed by atoms with Gasteiger partial charge in [0.15, 0.2) is 0 Å². The SMILES string of the molecule is CC1CN(C(=O)CN2CCc3cc[nH]c(=O)c3C2)CC(C)(C)O1. The van der Waals surface area contributed by atoms with Gasteiger partial charge in [0.25, 0.3) is 5.56 Å². The summed E-state index contributed by atoms with van der Waals surface area (Å²) in [5.74, 6) is 0.115. The number of aromatic amines is 1. The highest BCUT2D eigenvalue weighted by Crippen LogP contribution is 2.21. The summed E-state index contributed by atoms with van der Waals surface area (Å²) in [6.07, 6.45) is 2.56. The first-order chi connectivity index (χ1) is 10.8. The van der Waals surface area contributed by atoms with Gasteiger partial charge in [0.2, 0.25) is 5.91 Å². The van der Waals surface area contributed by atoms with Crippen molar-refractivity contribution >= 4 is 5.91 Å². The van der Waals surface area contributed by atoms with Gasteiger partial charge in [-0.3, -0.25) is 14.5 Å². The number of nitrogens with zero attached hydrogens (tertiary/aromatic N) is 2. The van der Waals surface area contributed by atoms with Gasteiger partial charge in [0.05, 0.1) is 18.2 Å². The summed E-state index contributed by atoms with van der Waals surface area (Å²) in [5.41, 5.74) is 1.54. The largest absolute Gasteiger partial charge is 0.369 e. The Balaban J connectivity index is 1.65. The van der Waals surface area contributed by atoms with Crippen molar-refractivity contribution in [2.24, 2.45) is 0 Å². The Bertz CT molecular complexity index is 653. The van der Waals surface area contributed by atoms with E-state index in [0.717, 1.165) is 24.1 Å². The Morgan fingerprint density at radius 2 is 2.26 bits per heavy atom. The summed E-state index contributed by atoms with van der Waals surface area (Å²) < 4.78 is 5.85. The van der Waals surface area contributed by atoms with Gasteiger partial charge in [0.1, 0.15) is 0 Å². The fraction of sp³-hybridized carbons (Fsp3) is 0.647. The lowest BCUT2D eigenvalue weighted by Gasteiger charge is -2.42. The zero-order chi connectivity index (χ0) is 16.6. The molecule has 126 valence electrons. The average molecular weight is 319 g/mol. The number of ether oxygens (including phenoxy) is 1. The zero-order valence-electron chi connectivity index (χ0n) is 14.1. The summed E-state index contributed by atoms with van der Waals surface area (Å²) in [4.78, 5) is 31.2. The molecule has 0 aliphatic carbocycles. The van der Waals surface area contributed by atoms with Crippen LogP contribution in [0.25, 0.3) is 0 Å². The number of carbonyl (C=O) groups is 1. The number of aromatic nitrogens is 1. The maximum absolute atomic E-state index is 12.6. The van der Waals surface area contributed by atoms with E-state index in [-0.39, 0.29) is 23.2 Å². The summed E-state index contributed by atoms with van der Waals surface area (Å²) in [6, 6.07) is 1.96. The quantitative estimate of drug-likeness (QED) is 0.874. The van der Waals surface area contributed by atoms with E-state index in [1.807, 2.05) is 31.7 Å². The van der Waals surface area contributed by atoms with E-state index in [1.165, 1.54) is 0 Å². The number of rotatable bonds is 2. The van der Waals surface area contributed by atoms with Crippen LogP contribution in [0, 0.1) is 0 Å². The Morgan fingerprint density at radius 1 is 1.48 bits per heavy atom. The smallest absolute Gasteiger partial charge is 0.252 e. The lowest BCUT2D eigenvalue weighted by atomic mass is 10.0. The number of H-pyrrole nitrogens is 1. The van der Waals surface area contributed by atoms with Crippen LogP contribution in [0.2, 0.25) is 0 Å². The van der Waals surface area contributed by atoms with Crippen molar-refractivity contribution in [2.75, 3.05) is 26.2 Å². The lowest BCUT2D eigenvalue weighted by molar-refractivity contribution is -0.159. The van der Waals surface area contributed by atoms with E-state index in [1.54, 1.807) is 6.20 Å². The standard InChI is InChI=1S/C17H25N3O3/c1-12-8-20(11-17(2,3)23-12)15(21)10-19-7-5-13-4-6-18-16(22)14(13)9-19/h4,6,12H,5,7-11H2,1-3H3,(H,18,22). The van der Waals surface area contributed by atoms with Crippen molar-refractivity contribution in [1.29, 1.82) is 0 Å². The molecular formula is C17H25N3O3. The maximum atomic E-state index is 12.6. The predicted octanol–water partition coefficient (Wildman–Crippen LogP) is 0.759. The van der Waals surface area contributed by atoms with Gasteiger partial charge in [-0.25, -0.2) is 0 Å². The van der Waals surface area contributed by atoms with Crippen LogP contribution in [0.15, 0.2) is 17.1 Å². The van der Waals surface area contributed by atoms with E-state index in [0.29, 0.717) is 26.2 Å². The fourth-order valence-corrected chi connectivity index (χ4v) is 3.61. The molecule has 0 spiro atoms. The summed E-state index contributed by atoms with van der Waals surface area (Å²) >= 11 is 0. The van der Waals surface area contributed by atoms with Crippen molar-refractivity contribution in [3.05, 3.63) is 33.7 Å². The molecule has 6 heteroatoms. The van der Waals surface area contributed by atoms with Crippen LogP contribution in [0.5, 0.6) is 0 Å². The van der Waals surface area contributed by atoms with E-state index < -0.39 is 0 Å². The third-order valence-electron chi connectivity index (χ3n) is 4.52. The van der Waals surface area contributed by atoms with Crippen molar-refractivity contribution in [3.8, 4) is 0 Å². The average Bonchev–Trinajstić information content (AvgIpc) is 2.46. The second kappa shape index (κ2) is 6.09. The number of hydrogen-bond acceptors (Lipinski definition) is 4. The van der Waals surface area contributed by atoms with Crippen molar-refractivity contribution in [2.45, 2.75) is 45.4 Å². The van der Waals surface area contributed by atoms with Crippen LogP contribution in [0.1, 0.15) is 31.9 Å². The molecule has 0 saturated carbocycles. The second-order valence-corrected chi connectivity index (χ2v) is 7.23. The topological polar surface area (TPSA) is 65.6 Å². The highest BCUT2D eigenvalue weighted by atomic mass is 16.5. The monoisotopic (exact) mass is 319 g/mol. The number of amides is 1. The number of nitrogens with one attached hydrogen (secondary N) is 1. The molecule has 6 nitrogen and oxygen atoms in total. The van der Waals surface area contributed by atoms with Crippen molar-refractivity contribution in [3.63, 3.8) is 0 Å². The van der Waals surface area contributed by atoms with Gasteiger partial charge in [-0.05, 0) is 38.8 Å². The van der Waals surface area contributed by atoms with Crippen LogP contribution < -0.4 is 5.56 Å². The van der Waals surface area contributed by atoms with Crippen molar-refractivity contribution < 1.29 is 9.53 Å². The molecule has 3 heterocycles. The summed E-state index contributed by atoms with van der Waals surface area (Å²) in [7, 11) is 0. The van der Waals surface area contributed by atoms with E-state index in [4.69, 9.17) is 4.74 Å². The molecule has 2 aliphatic rings. The molecular weight excluding hydrogens is 294 g/mol. The zero-order valence-corrected chi connectivity index (χ0v) is 14.1. The molecule has 3 rings (SSSR count). The van der Waals surface area contributed by atoms with Crippen LogP contribution >= 0.6 is 0 Å². The molecule has 1 aromatic heterocycles. The number of pyridine rings is 1. The fourth-order valence-electron chi connectivity index (χ4n) is 3.61. The van der Waals surface area contributed by atoms with E-state index in [9.17, 15) is 9.59 Å². The van der Waals surface area contributed by atoms with Gasteiger partial charge in [-0.15, -0.1) is 0 Å². The molecule has 23 heavy (non-hydrogen) atoms. The number of carbonyl (C=O) groups excluding carboxylic acids is 1. The number of morpholine rings is 1. The molecule has 1 saturated heterocycles. The first kappa shape index (κ1) is 16.2. The summed E-state index contributed by atoms with van der Waals surface area (Å²) in [5, 5.41) is 0. The molecule has 1 atom stereocenters. The lowest BCUT2D eigenvalue weighted by Crippen LogP contribution is -2.55. The molecule has 1 N–H and O–H groups in total. The molecule has 0 bridgehead atoms. The molecule has 1 amide bonds. The minimum atomic E-state index is -0.307. The van der Waals surface area contributed by atoms with Crippen LogP contribution in [-0.4, -0.2) is 58.6 Å². The van der Waals surface area contributed by atoms with Gasteiger partial charge in [-0.2, -0.15) is 0 Å². The van der Waals surface area contributed by atoms with Crippen molar-refractivity contribution in [1.82, 2.24) is 14.8 Å². The Labute approximate surface area is 136 Å². The van der Waals surface area contributed by atoms with Crippen LogP contribution in [-0.2, 0) is 22.5 Å². The molecule has 0 radical (unpaired) electrons. The number of fused-ring (bicyclic) bond motifs is 1. The third kappa shape index (κ3) is 3.64. The Kier molecular flexibility index (Phi) is 4.29. The van der Waals surface area contributed by atoms with E-state index in [2.05, 4.69) is 9.88 Å². The summed E-state index contributed by atoms with van der Waals surface area (Å²) in [6.45, 7) is 8.98. The number of hydrogen-bond donors (Lipinski definition) is 1. The van der Waals surface area contributed by atoms with Gasteiger partial charge >= 0.3 is 0 Å². The Morgan fingerprint density at radius 3 is 3.00 bits per heavy atom. The molecule has 1 fully saturated rings. The highest BCUT2D eigenvalue weighted by molar-refractivity contribution is 5.78. The third-order valence-corrected chi connectivity index (χ3v) is 4.52. The minimum Gasteiger partial charge on any atom is -0.369 e. The molecule has 2 aliphatic heterocycles. The molecule has 1 unspecified atom stereocenters. The molecule has 0 aromatic carbocycles. The first-order valence-electron chi connectivity index (χ1n) is 8.21. The van der Waals surface area contributed by atoms with Gasteiger partial charge in [0, 0.05) is 37.9 Å². The van der Waals surface area contributed by atoms with E-state index >= 15 is 0 Å². The van der Waals surface area contributed by atoms with Gasteiger partial charge < -0.3 is 14.6 Å². The van der Waals surface area contributed by atoms with Crippen LogP contribution in [0.4, 0.5) is 0 Å². The first-order valence-corrected chi connectivity index (χ1v) is 8.21. The molecule has 1 aromatic rings. The minimum absolute atomic E-state index is 0.0409. The predicted molar refractivity (Wildman–Crippen MR) is 87.2 cm³/mol. The van der Waals surface area contributed by atoms with Crippen LogP contribution in [0.3, 0.4) is 0 Å². The second-order valence-electron chi connectivity index (χ2n) is 7.23. The Hall–Kier alpha value is -1.66. The highest BCUT2D eigenvalue weighted by Gasteiger charge is 2.34. The normalized spacial score (nSPS) is 24.3. The maximum Gasteiger partial charge on any atom is 0.252 e.